The van der Waals surface area contributed by atoms with Gasteiger partial charge < -0.3 is 0 Å². The van der Waals surface area contributed by atoms with Crippen LogP contribution in [0, 0.1) is 6.92 Å². The summed E-state index contributed by atoms with van der Waals surface area (Å²) in [7, 11) is 0. The third kappa shape index (κ3) is 2.99. The van der Waals surface area contributed by atoms with Crippen LogP contribution in [0.25, 0.3) is 0 Å². The number of hydrogen-bond donors (Lipinski definition) is 0. The molecular weight excluding hydrogens is 304 g/mol. The molecule has 0 aliphatic carbocycles. The van der Waals surface area contributed by atoms with E-state index in [1.807, 2.05) is 0 Å². The first-order valence-corrected chi connectivity index (χ1v) is 8.61. The van der Waals surface area contributed by atoms with Crippen LogP contribution < -0.4 is 4.90 Å². The van der Waals surface area contributed by atoms with Crippen LogP contribution in [0.3, 0.4) is 0 Å². The van der Waals surface area contributed by atoms with Crippen molar-refractivity contribution >= 4 is 28.0 Å². The highest BCUT2D eigenvalue weighted by atomic mass is 32.1. The third-order valence-corrected chi connectivity index (χ3v) is 5.22. The molecule has 0 saturated heterocycles. The van der Waals surface area contributed by atoms with Crippen molar-refractivity contribution in [3.05, 3.63) is 64.6 Å². The summed E-state index contributed by atoms with van der Waals surface area (Å²) in [6.07, 6.45) is 2.72. The van der Waals surface area contributed by atoms with Crippen molar-refractivity contribution in [1.82, 2.24) is 0 Å². The number of benzene rings is 1. The molecule has 1 aliphatic heterocycles. The quantitative estimate of drug-likeness (QED) is 0.783. The Morgan fingerprint density at radius 3 is 2.74 bits per heavy atom. The zero-order valence-electron chi connectivity index (χ0n) is 13.5. The second-order valence-electron chi connectivity index (χ2n) is 5.61. The summed E-state index contributed by atoms with van der Waals surface area (Å²) < 4.78 is 0. The van der Waals surface area contributed by atoms with Crippen LogP contribution in [0.2, 0.25) is 0 Å². The monoisotopic (exact) mass is 324 g/mol. The zero-order chi connectivity index (χ0) is 16.4. The second-order valence-corrected chi connectivity index (χ2v) is 6.72. The van der Waals surface area contributed by atoms with Gasteiger partial charge in [-0.3, -0.25) is 14.7 Å². The van der Waals surface area contributed by atoms with Crippen LogP contribution in [0.15, 0.2) is 48.0 Å². The number of hydrogen-bond acceptors (Lipinski definition) is 3. The standard InChI is InChI=1S/C19H20N2OS/c1-4-10-21-17(22)12-20-18(14-8-6-13(3)7-9-14)16-11-15(5-2)23-19(16)21/h4,6-9,11H,1,5,10,12H2,2-3H3. The summed E-state index contributed by atoms with van der Waals surface area (Å²) in [5.41, 5.74) is 4.25. The van der Waals surface area contributed by atoms with Crippen LogP contribution in [-0.4, -0.2) is 24.7 Å². The van der Waals surface area contributed by atoms with E-state index in [0.717, 1.165) is 28.3 Å². The summed E-state index contributed by atoms with van der Waals surface area (Å²) in [6, 6.07) is 10.5. The van der Waals surface area contributed by atoms with Gasteiger partial charge in [0.05, 0.1) is 5.71 Å². The van der Waals surface area contributed by atoms with Crippen molar-refractivity contribution in [2.24, 2.45) is 4.99 Å². The summed E-state index contributed by atoms with van der Waals surface area (Å²) in [6.45, 7) is 8.68. The lowest BCUT2D eigenvalue weighted by Crippen LogP contribution is -2.31. The van der Waals surface area contributed by atoms with Gasteiger partial charge in [-0.2, -0.15) is 0 Å². The SMILES string of the molecule is C=CCN1C(=O)CN=C(c2ccc(C)cc2)c2cc(CC)sc21. The van der Waals surface area contributed by atoms with Crippen LogP contribution in [-0.2, 0) is 11.2 Å². The van der Waals surface area contributed by atoms with Crippen molar-refractivity contribution in [1.29, 1.82) is 0 Å². The summed E-state index contributed by atoms with van der Waals surface area (Å²) in [4.78, 5) is 20.2. The molecule has 0 fully saturated rings. The number of aliphatic imine (C=N–C) groups is 1. The molecule has 0 spiro atoms. The lowest BCUT2D eigenvalue weighted by molar-refractivity contribution is -0.117. The maximum absolute atomic E-state index is 12.5. The van der Waals surface area contributed by atoms with Crippen molar-refractivity contribution in [2.75, 3.05) is 18.0 Å². The number of anilines is 1. The normalized spacial score (nSPS) is 14.3. The van der Waals surface area contributed by atoms with E-state index in [0.29, 0.717) is 6.54 Å². The van der Waals surface area contributed by atoms with Gasteiger partial charge in [-0.05, 0) is 19.4 Å². The van der Waals surface area contributed by atoms with E-state index in [1.165, 1.54) is 10.4 Å². The van der Waals surface area contributed by atoms with Gasteiger partial charge in [-0.1, -0.05) is 42.8 Å². The number of fused-ring (bicyclic) bond motifs is 1. The van der Waals surface area contributed by atoms with E-state index in [2.05, 4.69) is 55.8 Å². The molecule has 118 valence electrons. The van der Waals surface area contributed by atoms with Crippen LogP contribution in [0.5, 0.6) is 0 Å². The predicted octanol–water partition coefficient (Wildman–Crippen LogP) is 3.99. The van der Waals surface area contributed by atoms with E-state index in [9.17, 15) is 4.79 Å². The van der Waals surface area contributed by atoms with Gasteiger partial charge in [-0.15, -0.1) is 17.9 Å². The molecule has 1 amide bonds. The Bertz CT molecular complexity index is 771. The van der Waals surface area contributed by atoms with Crippen molar-refractivity contribution in [2.45, 2.75) is 20.3 Å². The zero-order valence-corrected chi connectivity index (χ0v) is 14.3. The van der Waals surface area contributed by atoms with E-state index in [-0.39, 0.29) is 12.5 Å². The minimum Gasteiger partial charge on any atom is -0.298 e. The molecule has 0 bridgehead atoms. The van der Waals surface area contributed by atoms with Crippen LogP contribution in [0.4, 0.5) is 5.00 Å². The summed E-state index contributed by atoms with van der Waals surface area (Å²) in [5, 5.41) is 0.989. The second kappa shape index (κ2) is 6.50. The lowest BCUT2D eigenvalue weighted by Gasteiger charge is -2.18. The lowest BCUT2D eigenvalue weighted by atomic mass is 10.0. The maximum Gasteiger partial charge on any atom is 0.249 e. The highest BCUT2D eigenvalue weighted by molar-refractivity contribution is 7.16. The number of nitrogens with zero attached hydrogens (tertiary/aromatic N) is 2. The van der Waals surface area contributed by atoms with E-state index in [4.69, 9.17) is 0 Å². The number of thiophene rings is 1. The van der Waals surface area contributed by atoms with Gasteiger partial charge in [0.1, 0.15) is 11.5 Å². The van der Waals surface area contributed by atoms with E-state index >= 15 is 0 Å². The van der Waals surface area contributed by atoms with Gasteiger partial charge in [0.2, 0.25) is 5.91 Å². The smallest absolute Gasteiger partial charge is 0.249 e. The molecule has 0 radical (unpaired) electrons. The summed E-state index contributed by atoms with van der Waals surface area (Å²) >= 11 is 1.68. The molecule has 2 aromatic rings. The Kier molecular flexibility index (Phi) is 4.44. The molecule has 0 N–H and O–H groups in total. The minimum atomic E-state index is 0.0257. The number of aryl methyl sites for hydroxylation is 2. The molecule has 0 atom stereocenters. The topological polar surface area (TPSA) is 32.7 Å². The fourth-order valence-corrected chi connectivity index (χ4v) is 3.80. The van der Waals surface area contributed by atoms with Crippen molar-refractivity contribution in [3.63, 3.8) is 0 Å². The Balaban J connectivity index is 2.15. The van der Waals surface area contributed by atoms with Crippen LogP contribution in [0.1, 0.15) is 28.5 Å². The van der Waals surface area contributed by atoms with Gasteiger partial charge in [0.15, 0.2) is 0 Å². The molecule has 3 nitrogen and oxygen atoms in total. The molecular formula is C19H20N2OS. The minimum absolute atomic E-state index is 0.0257. The molecule has 1 aromatic heterocycles. The molecule has 1 aliphatic rings. The Morgan fingerprint density at radius 2 is 2.09 bits per heavy atom. The van der Waals surface area contributed by atoms with E-state index in [1.54, 1.807) is 22.3 Å². The molecule has 2 heterocycles. The number of rotatable bonds is 4. The Labute approximate surface area is 141 Å². The van der Waals surface area contributed by atoms with E-state index < -0.39 is 0 Å². The molecule has 0 unspecified atom stereocenters. The number of amides is 1. The Hall–Kier alpha value is -2.20. The third-order valence-electron chi connectivity index (χ3n) is 3.92. The first kappa shape index (κ1) is 15.7. The average Bonchev–Trinajstić information content (AvgIpc) is 2.93. The van der Waals surface area contributed by atoms with Crippen molar-refractivity contribution in [3.8, 4) is 0 Å². The summed E-state index contributed by atoms with van der Waals surface area (Å²) in [5.74, 6) is 0.0257. The Morgan fingerprint density at radius 1 is 1.35 bits per heavy atom. The van der Waals surface area contributed by atoms with Gasteiger partial charge in [-0.25, -0.2) is 0 Å². The highest BCUT2D eigenvalue weighted by Crippen LogP contribution is 2.35. The molecule has 0 saturated carbocycles. The van der Waals surface area contributed by atoms with Gasteiger partial charge in [0.25, 0.3) is 0 Å². The van der Waals surface area contributed by atoms with Crippen molar-refractivity contribution < 1.29 is 4.79 Å². The number of carbonyl (C=O) groups is 1. The van der Waals surface area contributed by atoms with Gasteiger partial charge in [0, 0.05) is 22.5 Å². The maximum atomic E-state index is 12.5. The predicted molar refractivity (Wildman–Crippen MR) is 97.9 cm³/mol. The molecule has 3 rings (SSSR count). The molecule has 4 heteroatoms. The number of carbonyl (C=O) groups excluding carboxylic acids is 1. The highest BCUT2D eigenvalue weighted by Gasteiger charge is 2.26. The van der Waals surface area contributed by atoms with Crippen LogP contribution >= 0.6 is 11.3 Å². The first-order chi connectivity index (χ1) is 11.1. The largest absolute Gasteiger partial charge is 0.298 e. The molecule has 1 aromatic carbocycles. The average molecular weight is 324 g/mol. The fraction of sp³-hybridized carbons (Fsp3) is 0.263. The fourth-order valence-electron chi connectivity index (χ4n) is 2.68. The first-order valence-electron chi connectivity index (χ1n) is 7.80. The molecule has 23 heavy (non-hydrogen) atoms. The van der Waals surface area contributed by atoms with Gasteiger partial charge >= 0.3 is 0 Å².